The average molecular weight is 347 g/mol. The highest BCUT2D eigenvalue weighted by atomic mass is 16.6. The van der Waals surface area contributed by atoms with Gasteiger partial charge in [-0.3, -0.25) is 0 Å². The highest BCUT2D eigenvalue weighted by Crippen LogP contribution is 2.35. The summed E-state index contributed by atoms with van der Waals surface area (Å²) in [5.41, 5.74) is 2.78. The number of hydrogen-bond acceptors (Lipinski definition) is 4. The van der Waals surface area contributed by atoms with Gasteiger partial charge < -0.3 is 15.4 Å². The van der Waals surface area contributed by atoms with Crippen molar-refractivity contribution in [3.05, 3.63) is 34.9 Å². The van der Waals surface area contributed by atoms with E-state index in [0.29, 0.717) is 17.5 Å². The molecule has 1 aliphatic carbocycles. The third-order valence-electron chi connectivity index (χ3n) is 4.80. The lowest BCUT2D eigenvalue weighted by Crippen LogP contribution is -2.32. The van der Waals surface area contributed by atoms with Gasteiger partial charge in [0.2, 0.25) is 0 Å². The topological polar surface area (TPSA) is 50.4 Å². The van der Waals surface area contributed by atoms with Crippen LogP contribution in [0.15, 0.2) is 18.2 Å². The van der Waals surface area contributed by atoms with Crippen molar-refractivity contribution >= 4 is 5.97 Å². The summed E-state index contributed by atoms with van der Waals surface area (Å²) in [6, 6.07) is 6.74. The quantitative estimate of drug-likeness (QED) is 0.765. The average Bonchev–Trinajstić information content (AvgIpc) is 2.55. The molecule has 0 aliphatic heterocycles. The Kier molecular flexibility index (Phi) is 7.03. The summed E-state index contributed by atoms with van der Waals surface area (Å²) in [6.45, 7) is 9.69. The molecule has 0 aromatic heterocycles. The molecule has 1 aromatic carbocycles. The SMILES string of the molecule is CCNC1CCC(c2ccc(C(=O)OC(C)(C)C)cc2CNC)CC1. The van der Waals surface area contributed by atoms with Gasteiger partial charge in [0.15, 0.2) is 0 Å². The van der Waals surface area contributed by atoms with Crippen LogP contribution < -0.4 is 10.6 Å². The molecule has 0 unspecified atom stereocenters. The minimum atomic E-state index is -0.469. The fraction of sp³-hybridized carbons (Fsp3) is 0.667. The molecule has 1 saturated carbocycles. The van der Waals surface area contributed by atoms with Gasteiger partial charge in [0, 0.05) is 12.6 Å². The van der Waals surface area contributed by atoms with Gasteiger partial charge in [0.25, 0.3) is 0 Å². The van der Waals surface area contributed by atoms with Crippen molar-refractivity contribution < 1.29 is 9.53 Å². The minimum absolute atomic E-state index is 0.243. The zero-order chi connectivity index (χ0) is 18.4. The van der Waals surface area contributed by atoms with Crippen LogP contribution in [0.3, 0.4) is 0 Å². The number of ether oxygens (including phenoxy) is 1. The maximum Gasteiger partial charge on any atom is 0.338 e. The molecule has 0 amide bonds. The van der Waals surface area contributed by atoms with Gasteiger partial charge in [-0.2, -0.15) is 0 Å². The number of esters is 1. The van der Waals surface area contributed by atoms with E-state index < -0.39 is 5.60 Å². The summed E-state index contributed by atoms with van der Waals surface area (Å²) in [4.78, 5) is 12.4. The van der Waals surface area contributed by atoms with Crippen LogP contribution >= 0.6 is 0 Å². The molecule has 0 heterocycles. The lowest BCUT2D eigenvalue weighted by Gasteiger charge is -2.30. The molecule has 1 aliphatic rings. The largest absolute Gasteiger partial charge is 0.456 e. The van der Waals surface area contributed by atoms with Gasteiger partial charge in [-0.25, -0.2) is 4.79 Å². The lowest BCUT2D eigenvalue weighted by molar-refractivity contribution is 0.00693. The van der Waals surface area contributed by atoms with Gasteiger partial charge >= 0.3 is 5.97 Å². The second kappa shape index (κ2) is 8.81. The van der Waals surface area contributed by atoms with Crippen molar-refractivity contribution in [2.24, 2.45) is 0 Å². The van der Waals surface area contributed by atoms with Crippen LogP contribution in [-0.2, 0) is 11.3 Å². The summed E-state index contributed by atoms with van der Waals surface area (Å²) in [6.07, 6.45) is 4.87. The van der Waals surface area contributed by atoms with Crippen LogP contribution in [0.1, 0.15) is 80.8 Å². The predicted octanol–water partition coefficient (Wildman–Crippen LogP) is 4.00. The molecule has 4 nitrogen and oxygen atoms in total. The fourth-order valence-corrected chi connectivity index (χ4v) is 3.71. The Morgan fingerprint density at radius 3 is 2.44 bits per heavy atom. The van der Waals surface area contributed by atoms with Gasteiger partial charge in [0.1, 0.15) is 5.60 Å². The van der Waals surface area contributed by atoms with E-state index in [-0.39, 0.29) is 5.97 Å². The molecular weight excluding hydrogens is 312 g/mol. The first-order chi connectivity index (χ1) is 11.8. The van der Waals surface area contributed by atoms with Gasteiger partial charge in [-0.15, -0.1) is 0 Å². The molecule has 1 aromatic rings. The number of carbonyl (C=O) groups excluding carboxylic acids is 1. The van der Waals surface area contributed by atoms with E-state index in [2.05, 4.69) is 23.6 Å². The second-order valence-electron chi connectivity index (χ2n) is 8.05. The Labute approximate surface area is 152 Å². The molecule has 0 spiro atoms. The molecule has 2 rings (SSSR count). The summed E-state index contributed by atoms with van der Waals surface area (Å²) in [7, 11) is 1.95. The van der Waals surface area contributed by atoms with E-state index in [0.717, 1.165) is 13.1 Å². The Hall–Kier alpha value is -1.39. The molecule has 2 N–H and O–H groups in total. The van der Waals surface area contributed by atoms with Crippen molar-refractivity contribution in [3.8, 4) is 0 Å². The molecule has 0 atom stereocenters. The monoisotopic (exact) mass is 346 g/mol. The Morgan fingerprint density at radius 1 is 1.20 bits per heavy atom. The van der Waals surface area contributed by atoms with Gasteiger partial charge in [-0.1, -0.05) is 13.0 Å². The fourth-order valence-electron chi connectivity index (χ4n) is 3.71. The summed E-state index contributed by atoms with van der Waals surface area (Å²) >= 11 is 0. The smallest absolute Gasteiger partial charge is 0.338 e. The summed E-state index contributed by atoms with van der Waals surface area (Å²) in [5.74, 6) is 0.346. The van der Waals surface area contributed by atoms with Crippen LogP contribution in [0, 0.1) is 0 Å². The van der Waals surface area contributed by atoms with E-state index in [9.17, 15) is 4.79 Å². The molecule has 25 heavy (non-hydrogen) atoms. The van der Waals surface area contributed by atoms with Crippen LogP contribution in [0.4, 0.5) is 0 Å². The molecule has 140 valence electrons. The van der Waals surface area contributed by atoms with Crippen molar-refractivity contribution in [2.45, 2.75) is 77.5 Å². The Balaban J connectivity index is 2.15. The lowest BCUT2D eigenvalue weighted by atomic mass is 9.79. The Morgan fingerprint density at radius 2 is 1.88 bits per heavy atom. The van der Waals surface area contributed by atoms with Crippen LogP contribution in [-0.4, -0.2) is 31.2 Å². The number of hydrogen-bond donors (Lipinski definition) is 2. The third kappa shape index (κ3) is 5.82. The number of nitrogens with one attached hydrogen (secondary N) is 2. The van der Waals surface area contributed by atoms with Crippen LogP contribution in [0.25, 0.3) is 0 Å². The highest BCUT2D eigenvalue weighted by Gasteiger charge is 2.25. The van der Waals surface area contributed by atoms with Gasteiger partial charge in [0.05, 0.1) is 5.56 Å². The van der Waals surface area contributed by atoms with Crippen molar-refractivity contribution in [1.82, 2.24) is 10.6 Å². The maximum atomic E-state index is 12.4. The summed E-state index contributed by atoms with van der Waals surface area (Å²) < 4.78 is 5.52. The normalized spacial score (nSPS) is 21.2. The molecule has 0 saturated heterocycles. The number of rotatable bonds is 6. The standard InChI is InChI=1S/C21H34N2O2/c1-6-23-18-10-7-15(8-11-18)19-12-9-16(13-17(19)14-22-5)20(24)25-21(2,3)4/h9,12-13,15,18,22-23H,6-8,10-11,14H2,1-5H3. The molecule has 0 radical (unpaired) electrons. The van der Waals surface area contributed by atoms with Crippen LogP contribution in [0.5, 0.6) is 0 Å². The third-order valence-corrected chi connectivity index (χ3v) is 4.80. The molecule has 0 bridgehead atoms. The van der Waals surface area contributed by atoms with Gasteiger partial charge in [-0.05, 0) is 89.2 Å². The predicted molar refractivity (Wildman–Crippen MR) is 103 cm³/mol. The minimum Gasteiger partial charge on any atom is -0.456 e. The van der Waals surface area contributed by atoms with Crippen molar-refractivity contribution in [1.29, 1.82) is 0 Å². The molecule has 4 heteroatoms. The van der Waals surface area contributed by atoms with E-state index in [1.165, 1.54) is 36.8 Å². The highest BCUT2D eigenvalue weighted by molar-refractivity contribution is 5.90. The zero-order valence-corrected chi connectivity index (χ0v) is 16.4. The van der Waals surface area contributed by atoms with Crippen molar-refractivity contribution in [3.63, 3.8) is 0 Å². The summed E-state index contributed by atoms with van der Waals surface area (Å²) in [5, 5.41) is 6.81. The molecule has 1 fully saturated rings. The second-order valence-corrected chi connectivity index (χ2v) is 8.05. The van der Waals surface area contributed by atoms with Crippen LogP contribution in [0.2, 0.25) is 0 Å². The molecular formula is C21H34N2O2. The first kappa shape index (κ1) is 19.9. The maximum absolute atomic E-state index is 12.4. The van der Waals surface area contributed by atoms with E-state index in [4.69, 9.17) is 4.74 Å². The first-order valence-corrected chi connectivity index (χ1v) is 9.58. The zero-order valence-electron chi connectivity index (χ0n) is 16.4. The van der Waals surface area contributed by atoms with Crippen molar-refractivity contribution in [2.75, 3.05) is 13.6 Å². The number of carbonyl (C=O) groups is 1. The number of benzene rings is 1. The Bertz CT molecular complexity index is 570. The first-order valence-electron chi connectivity index (χ1n) is 9.58. The van der Waals surface area contributed by atoms with E-state index >= 15 is 0 Å². The van der Waals surface area contributed by atoms with E-state index in [1.54, 1.807) is 0 Å². The van der Waals surface area contributed by atoms with E-state index in [1.807, 2.05) is 40.0 Å².